The third-order valence-electron chi connectivity index (χ3n) is 4.81. The number of sulfonamides is 1. The van der Waals surface area contributed by atoms with Gasteiger partial charge in [-0.2, -0.15) is 13.0 Å². The van der Waals surface area contributed by atoms with Gasteiger partial charge in [-0.25, -0.2) is 4.79 Å². The molecule has 1 aliphatic heterocycles. The van der Waals surface area contributed by atoms with Gasteiger partial charge in [-0.05, 0) is 36.6 Å². The van der Waals surface area contributed by atoms with Gasteiger partial charge in [-0.15, -0.1) is 4.40 Å². The Kier molecular flexibility index (Phi) is 4.62. The lowest BCUT2D eigenvalue weighted by atomic mass is 10.1. The summed E-state index contributed by atoms with van der Waals surface area (Å²) in [5, 5.41) is 3.14. The lowest BCUT2D eigenvalue weighted by Gasteiger charge is -2.20. The molecule has 0 unspecified atom stereocenters. The Morgan fingerprint density at radius 3 is 2.48 bits per heavy atom. The van der Waals surface area contributed by atoms with E-state index in [1.807, 2.05) is 13.8 Å². The van der Waals surface area contributed by atoms with Crippen LogP contribution in [0.5, 0.6) is 0 Å². The molecule has 0 amide bonds. The molecule has 1 aliphatic rings. The minimum absolute atomic E-state index is 0.00211. The van der Waals surface area contributed by atoms with Gasteiger partial charge in [0.05, 0.1) is 16.6 Å². The van der Waals surface area contributed by atoms with E-state index in [0.29, 0.717) is 23.4 Å². The van der Waals surface area contributed by atoms with Crippen molar-refractivity contribution in [2.24, 2.45) is 10.3 Å². The van der Waals surface area contributed by atoms with Crippen molar-refractivity contribution in [3.63, 3.8) is 0 Å². The smallest absolute Gasteiger partial charge is 0.323 e. The second kappa shape index (κ2) is 7.00. The van der Waals surface area contributed by atoms with Gasteiger partial charge in [-0.1, -0.05) is 38.1 Å². The van der Waals surface area contributed by atoms with E-state index in [2.05, 4.69) is 9.71 Å². The van der Waals surface area contributed by atoms with Crippen molar-refractivity contribution in [1.82, 2.24) is 9.13 Å². The van der Waals surface area contributed by atoms with Crippen LogP contribution < -0.4 is 16.6 Å². The molecule has 0 fully saturated rings. The maximum atomic E-state index is 13.2. The number of anilines is 1. The Labute approximate surface area is 167 Å². The number of para-hydroxylation sites is 2. The molecular formula is C20H20N4O4S. The molecule has 1 aromatic heterocycles. The summed E-state index contributed by atoms with van der Waals surface area (Å²) in [5.41, 5.74) is -0.466. The molecule has 0 saturated heterocycles. The molecule has 0 bridgehead atoms. The van der Waals surface area contributed by atoms with Crippen molar-refractivity contribution in [3.05, 3.63) is 69.4 Å². The van der Waals surface area contributed by atoms with Crippen molar-refractivity contribution < 1.29 is 8.42 Å². The van der Waals surface area contributed by atoms with Gasteiger partial charge in [0.25, 0.3) is 15.6 Å². The average Bonchev–Trinajstić information content (AvgIpc) is 2.67. The molecular weight excluding hydrogens is 392 g/mol. The highest BCUT2D eigenvalue weighted by Crippen LogP contribution is 2.26. The topological polar surface area (TPSA) is 103 Å². The second-order valence-corrected chi connectivity index (χ2v) is 8.86. The first-order chi connectivity index (χ1) is 13.8. The maximum Gasteiger partial charge on any atom is 0.338 e. The van der Waals surface area contributed by atoms with Gasteiger partial charge in [-0.3, -0.25) is 9.36 Å². The summed E-state index contributed by atoms with van der Waals surface area (Å²) in [6.45, 7) is 4.48. The van der Waals surface area contributed by atoms with Crippen LogP contribution in [0.4, 0.5) is 5.69 Å². The monoisotopic (exact) mass is 412 g/mol. The van der Waals surface area contributed by atoms with E-state index in [4.69, 9.17) is 0 Å². The molecule has 1 N–H and O–H groups in total. The van der Waals surface area contributed by atoms with Crippen LogP contribution in [-0.4, -0.2) is 23.5 Å². The lowest BCUT2D eigenvalue weighted by molar-refractivity contribution is 0.508. The largest absolute Gasteiger partial charge is 0.338 e. The summed E-state index contributed by atoms with van der Waals surface area (Å²) >= 11 is 0. The van der Waals surface area contributed by atoms with Crippen LogP contribution in [-0.2, 0) is 16.6 Å². The third-order valence-corrected chi connectivity index (χ3v) is 6.14. The summed E-state index contributed by atoms with van der Waals surface area (Å²) < 4.78 is 31.2. The number of hydrogen-bond acceptors (Lipinski definition) is 5. The zero-order valence-corrected chi connectivity index (χ0v) is 16.8. The number of nitrogens with zero attached hydrogens (tertiary/aromatic N) is 3. The van der Waals surface area contributed by atoms with Crippen molar-refractivity contribution in [3.8, 4) is 0 Å². The molecule has 29 heavy (non-hydrogen) atoms. The highest BCUT2D eigenvalue weighted by molar-refractivity contribution is 7.90. The summed E-state index contributed by atoms with van der Waals surface area (Å²) in [5.74, 6) is 0.0289. The van der Waals surface area contributed by atoms with Crippen LogP contribution in [0.1, 0.15) is 20.3 Å². The fourth-order valence-electron chi connectivity index (χ4n) is 3.31. The predicted octanol–water partition coefficient (Wildman–Crippen LogP) is 2.23. The van der Waals surface area contributed by atoms with E-state index in [1.165, 1.54) is 10.6 Å². The van der Waals surface area contributed by atoms with Gasteiger partial charge < -0.3 is 5.32 Å². The molecule has 0 saturated carbocycles. The second-order valence-electron chi connectivity index (χ2n) is 7.29. The number of aryl methyl sites for hydroxylation is 1. The highest BCUT2D eigenvalue weighted by Gasteiger charge is 2.27. The first kappa shape index (κ1) is 19.1. The highest BCUT2D eigenvalue weighted by atomic mass is 32.2. The molecule has 4 rings (SSSR count). The molecule has 0 spiro atoms. The quantitative estimate of drug-likeness (QED) is 0.711. The molecule has 150 valence electrons. The van der Waals surface area contributed by atoms with E-state index in [9.17, 15) is 18.0 Å². The van der Waals surface area contributed by atoms with Crippen LogP contribution in [0, 0.1) is 5.92 Å². The van der Waals surface area contributed by atoms with Crippen molar-refractivity contribution in [2.45, 2.75) is 31.7 Å². The molecule has 0 radical (unpaired) electrons. The molecule has 2 heterocycles. The van der Waals surface area contributed by atoms with Gasteiger partial charge in [0.15, 0.2) is 0 Å². The lowest BCUT2D eigenvalue weighted by Crippen LogP contribution is -2.47. The average molecular weight is 412 g/mol. The van der Waals surface area contributed by atoms with Crippen molar-refractivity contribution in [2.75, 3.05) is 5.32 Å². The maximum absolute atomic E-state index is 13.2. The standard InChI is InChI=1S/C20H20N4O4S/c1-13(2)11-12-23-16-9-5-3-7-14(16)18(25)24(20(23)26)19-21-15-8-4-6-10-17(15)29(27,28)22-19/h3-10,13H,11-12H2,1-2H3,(H,21,22). The zero-order chi connectivity index (χ0) is 20.8. The van der Waals surface area contributed by atoms with Crippen LogP contribution >= 0.6 is 0 Å². The van der Waals surface area contributed by atoms with Gasteiger partial charge in [0, 0.05) is 6.54 Å². The number of rotatable bonds is 3. The fourth-order valence-corrected chi connectivity index (χ4v) is 4.41. The van der Waals surface area contributed by atoms with E-state index in [1.54, 1.807) is 42.5 Å². The Balaban J connectivity index is 1.99. The van der Waals surface area contributed by atoms with E-state index in [-0.39, 0.29) is 16.5 Å². The third kappa shape index (κ3) is 3.27. The molecule has 8 nitrogen and oxygen atoms in total. The number of hydrogen-bond donors (Lipinski definition) is 1. The zero-order valence-electron chi connectivity index (χ0n) is 16.0. The van der Waals surface area contributed by atoms with Crippen molar-refractivity contribution >= 4 is 32.6 Å². The molecule has 0 atom stereocenters. The molecule has 9 heteroatoms. The number of fused-ring (bicyclic) bond motifs is 2. The van der Waals surface area contributed by atoms with E-state index < -0.39 is 21.3 Å². The van der Waals surface area contributed by atoms with Crippen LogP contribution in [0.25, 0.3) is 10.9 Å². The SMILES string of the molecule is CC(C)CCn1c(=O)n(C2=NS(=O)(=O)c3ccccc3N2)c(=O)c2ccccc21. The molecule has 3 aromatic rings. The minimum atomic E-state index is -4.05. The Morgan fingerprint density at radius 1 is 1.03 bits per heavy atom. The molecule has 0 aliphatic carbocycles. The van der Waals surface area contributed by atoms with Gasteiger partial charge in [0.1, 0.15) is 4.90 Å². The van der Waals surface area contributed by atoms with Crippen LogP contribution in [0.2, 0.25) is 0 Å². The van der Waals surface area contributed by atoms with Crippen LogP contribution in [0.15, 0.2) is 67.4 Å². The summed E-state index contributed by atoms with van der Waals surface area (Å²) in [4.78, 5) is 26.3. The fraction of sp³-hybridized carbons (Fsp3) is 0.250. The van der Waals surface area contributed by atoms with Gasteiger partial charge in [0.2, 0.25) is 5.96 Å². The number of aromatic nitrogens is 2. The Bertz CT molecular complexity index is 1370. The van der Waals surface area contributed by atoms with E-state index in [0.717, 1.165) is 11.0 Å². The number of nitrogens with one attached hydrogen (secondary N) is 1. The predicted molar refractivity (Wildman–Crippen MR) is 112 cm³/mol. The summed E-state index contributed by atoms with van der Waals surface area (Å²) in [6.07, 6.45) is 0.725. The van der Waals surface area contributed by atoms with Gasteiger partial charge >= 0.3 is 5.69 Å². The number of benzene rings is 2. The van der Waals surface area contributed by atoms with Crippen LogP contribution in [0.3, 0.4) is 0 Å². The summed E-state index contributed by atoms with van der Waals surface area (Å²) in [7, 11) is -4.05. The Hall–Kier alpha value is -3.20. The summed E-state index contributed by atoms with van der Waals surface area (Å²) in [6, 6.07) is 13.0. The van der Waals surface area contributed by atoms with Crippen molar-refractivity contribution in [1.29, 1.82) is 0 Å². The first-order valence-corrected chi connectivity index (χ1v) is 10.7. The first-order valence-electron chi connectivity index (χ1n) is 9.25. The minimum Gasteiger partial charge on any atom is -0.323 e. The van der Waals surface area contributed by atoms with E-state index >= 15 is 0 Å². The normalized spacial score (nSPS) is 15.1. The Morgan fingerprint density at radius 2 is 1.72 bits per heavy atom. The molecule has 2 aromatic carbocycles.